The zero-order valence-corrected chi connectivity index (χ0v) is 15.3. The molecular formula is C23H21N3O2. The Kier molecular flexibility index (Phi) is 6.68. The lowest BCUT2D eigenvalue weighted by atomic mass is 10.1. The van der Waals surface area contributed by atoms with Crippen molar-refractivity contribution < 1.29 is 9.59 Å². The predicted molar refractivity (Wildman–Crippen MR) is 114 cm³/mol. The zero-order valence-electron chi connectivity index (χ0n) is 15.3. The summed E-state index contributed by atoms with van der Waals surface area (Å²) in [5, 5.41) is 8.73. The predicted octanol–water partition coefficient (Wildman–Crippen LogP) is 4.37. The number of nitrogens with one attached hydrogen (secondary N) is 2. The Morgan fingerprint density at radius 1 is 0.821 bits per heavy atom. The van der Waals surface area contributed by atoms with Gasteiger partial charge < -0.3 is 5.32 Å². The fourth-order valence-electron chi connectivity index (χ4n) is 2.70. The summed E-state index contributed by atoms with van der Waals surface area (Å²) in [7, 11) is 0. The number of hydrogen-bond acceptors (Lipinski definition) is 3. The summed E-state index contributed by atoms with van der Waals surface area (Å²) in [6, 6.07) is 23.3. The standard InChI is InChI=1S/C23H21N3O2/c27-22(25-21-14-6-12-19-11-4-5-13-20(19)21)15-16-23(28)26-24-17-7-10-18-8-2-1-3-9-18/h1-14,17H,15-16H2,(H,25,27)(H,26,28)/b10-7+,24-17+. The highest BCUT2D eigenvalue weighted by Crippen LogP contribution is 2.23. The first-order chi connectivity index (χ1) is 13.7. The molecule has 5 heteroatoms. The molecule has 0 heterocycles. The van der Waals surface area contributed by atoms with Gasteiger partial charge in [0.25, 0.3) is 0 Å². The second-order valence-corrected chi connectivity index (χ2v) is 6.16. The van der Waals surface area contributed by atoms with Crippen LogP contribution in [0.25, 0.3) is 16.8 Å². The quantitative estimate of drug-likeness (QED) is 0.478. The molecule has 0 aromatic heterocycles. The van der Waals surface area contributed by atoms with Crippen molar-refractivity contribution in [3.63, 3.8) is 0 Å². The summed E-state index contributed by atoms with van der Waals surface area (Å²) in [5.74, 6) is -0.517. The van der Waals surface area contributed by atoms with Crippen LogP contribution in [0.5, 0.6) is 0 Å². The largest absolute Gasteiger partial charge is 0.326 e. The second kappa shape index (κ2) is 9.83. The number of allylic oxidation sites excluding steroid dienone is 1. The van der Waals surface area contributed by atoms with Crippen LogP contribution in [0.1, 0.15) is 18.4 Å². The van der Waals surface area contributed by atoms with Gasteiger partial charge in [0.2, 0.25) is 11.8 Å². The molecule has 28 heavy (non-hydrogen) atoms. The van der Waals surface area contributed by atoms with E-state index in [1.54, 1.807) is 6.08 Å². The van der Waals surface area contributed by atoms with Gasteiger partial charge >= 0.3 is 0 Å². The maximum Gasteiger partial charge on any atom is 0.240 e. The van der Waals surface area contributed by atoms with Crippen LogP contribution in [0.3, 0.4) is 0 Å². The van der Waals surface area contributed by atoms with E-state index < -0.39 is 0 Å². The van der Waals surface area contributed by atoms with Gasteiger partial charge in [-0.15, -0.1) is 0 Å². The average Bonchev–Trinajstić information content (AvgIpc) is 2.73. The Balaban J connectivity index is 1.43. The third-order valence-corrected chi connectivity index (χ3v) is 4.08. The first kappa shape index (κ1) is 19.0. The number of hydrogen-bond donors (Lipinski definition) is 2. The Bertz CT molecular complexity index is 1010. The van der Waals surface area contributed by atoms with Crippen molar-refractivity contribution in [2.75, 3.05) is 5.32 Å². The summed E-state index contributed by atoms with van der Waals surface area (Å²) < 4.78 is 0. The summed E-state index contributed by atoms with van der Waals surface area (Å²) in [4.78, 5) is 24.0. The van der Waals surface area contributed by atoms with Gasteiger partial charge in [0.15, 0.2) is 0 Å². The van der Waals surface area contributed by atoms with Crippen molar-refractivity contribution in [1.29, 1.82) is 0 Å². The van der Waals surface area contributed by atoms with Crippen molar-refractivity contribution in [3.8, 4) is 0 Å². The summed E-state index contributed by atoms with van der Waals surface area (Å²) in [5.41, 5.74) is 4.21. The van der Waals surface area contributed by atoms with Crippen molar-refractivity contribution in [1.82, 2.24) is 5.43 Å². The van der Waals surface area contributed by atoms with E-state index in [1.165, 1.54) is 6.21 Å². The fourth-order valence-corrected chi connectivity index (χ4v) is 2.70. The topological polar surface area (TPSA) is 70.6 Å². The minimum absolute atomic E-state index is 0.0658. The number of benzene rings is 3. The van der Waals surface area contributed by atoms with Gasteiger partial charge in [-0.05, 0) is 23.1 Å². The molecule has 0 unspecified atom stereocenters. The minimum Gasteiger partial charge on any atom is -0.326 e. The van der Waals surface area contributed by atoms with E-state index in [-0.39, 0.29) is 24.7 Å². The van der Waals surface area contributed by atoms with E-state index in [1.807, 2.05) is 78.9 Å². The van der Waals surface area contributed by atoms with Gasteiger partial charge in [-0.25, -0.2) is 5.43 Å². The molecular weight excluding hydrogens is 350 g/mol. The number of fused-ring (bicyclic) bond motifs is 1. The van der Waals surface area contributed by atoms with E-state index in [0.29, 0.717) is 0 Å². The van der Waals surface area contributed by atoms with Crippen molar-refractivity contribution in [2.24, 2.45) is 5.10 Å². The molecule has 5 nitrogen and oxygen atoms in total. The van der Waals surface area contributed by atoms with E-state index in [0.717, 1.165) is 22.0 Å². The van der Waals surface area contributed by atoms with Gasteiger partial charge in [0, 0.05) is 30.1 Å². The lowest BCUT2D eigenvalue weighted by Gasteiger charge is -2.08. The van der Waals surface area contributed by atoms with E-state index in [2.05, 4.69) is 15.8 Å². The SMILES string of the molecule is O=C(CCC(=O)Nc1cccc2ccccc12)N/N=C/C=C/c1ccccc1. The highest BCUT2D eigenvalue weighted by atomic mass is 16.2. The third kappa shape index (κ3) is 5.64. The Labute approximate surface area is 163 Å². The first-order valence-electron chi connectivity index (χ1n) is 9.03. The lowest BCUT2D eigenvalue weighted by Crippen LogP contribution is -2.20. The molecule has 0 saturated heterocycles. The van der Waals surface area contributed by atoms with Crippen LogP contribution in [0.15, 0.2) is 84.0 Å². The van der Waals surface area contributed by atoms with Crippen LogP contribution in [0.2, 0.25) is 0 Å². The van der Waals surface area contributed by atoms with Gasteiger partial charge in [-0.2, -0.15) is 5.10 Å². The van der Waals surface area contributed by atoms with Gasteiger partial charge in [0.1, 0.15) is 0 Å². The van der Waals surface area contributed by atoms with Crippen LogP contribution in [-0.2, 0) is 9.59 Å². The molecule has 0 aliphatic rings. The monoisotopic (exact) mass is 371 g/mol. The van der Waals surface area contributed by atoms with Gasteiger partial charge in [-0.3, -0.25) is 9.59 Å². The van der Waals surface area contributed by atoms with Crippen LogP contribution in [0.4, 0.5) is 5.69 Å². The zero-order chi connectivity index (χ0) is 19.6. The molecule has 0 fully saturated rings. The van der Waals surface area contributed by atoms with Crippen LogP contribution < -0.4 is 10.7 Å². The van der Waals surface area contributed by atoms with Gasteiger partial charge in [0.05, 0.1) is 0 Å². The molecule has 3 aromatic carbocycles. The van der Waals surface area contributed by atoms with E-state index in [9.17, 15) is 9.59 Å². The van der Waals surface area contributed by atoms with E-state index >= 15 is 0 Å². The highest BCUT2D eigenvalue weighted by molar-refractivity contribution is 6.02. The number of rotatable bonds is 7. The average molecular weight is 371 g/mol. The molecule has 0 aliphatic carbocycles. The number of anilines is 1. The third-order valence-electron chi connectivity index (χ3n) is 4.08. The Morgan fingerprint density at radius 2 is 1.54 bits per heavy atom. The Morgan fingerprint density at radius 3 is 2.39 bits per heavy atom. The normalized spacial score (nSPS) is 11.1. The maximum absolute atomic E-state index is 12.2. The molecule has 0 saturated carbocycles. The molecule has 2 N–H and O–H groups in total. The lowest BCUT2D eigenvalue weighted by molar-refractivity contribution is -0.124. The molecule has 0 aliphatic heterocycles. The first-order valence-corrected chi connectivity index (χ1v) is 9.03. The number of nitrogens with zero attached hydrogens (tertiary/aromatic N) is 1. The molecule has 0 radical (unpaired) electrons. The second-order valence-electron chi connectivity index (χ2n) is 6.16. The molecule has 3 aromatic rings. The summed E-state index contributed by atoms with van der Waals surface area (Å²) in [6.07, 6.45) is 5.28. The van der Waals surface area contributed by atoms with Crippen LogP contribution >= 0.6 is 0 Å². The van der Waals surface area contributed by atoms with Crippen LogP contribution in [0, 0.1) is 0 Å². The molecule has 3 rings (SSSR count). The minimum atomic E-state index is -0.308. The van der Waals surface area contributed by atoms with Gasteiger partial charge in [-0.1, -0.05) is 72.8 Å². The molecule has 0 spiro atoms. The molecule has 140 valence electrons. The number of carbonyl (C=O) groups is 2. The molecule has 2 amide bonds. The van der Waals surface area contributed by atoms with Crippen molar-refractivity contribution >= 4 is 40.6 Å². The van der Waals surface area contributed by atoms with Crippen molar-refractivity contribution in [2.45, 2.75) is 12.8 Å². The fraction of sp³-hybridized carbons (Fsp3) is 0.0870. The number of amides is 2. The maximum atomic E-state index is 12.2. The summed E-state index contributed by atoms with van der Waals surface area (Å²) >= 11 is 0. The Hall–Kier alpha value is -3.73. The van der Waals surface area contributed by atoms with Crippen LogP contribution in [-0.4, -0.2) is 18.0 Å². The smallest absolute Gasteiger partial charge is 0.240 e. The number of hydrazone groups is 1. The van der Waals surface area contributed by atoms with E-state index in [4.69, 9.17) is 0 Å². The van der Waals surface area contributed by atoms with Crippen molar-refractivity contribution in [3.05, 3.63) is 84.4 Å². The molecule has 0 atom stereocenters. The highest BCUT2D eigenvalue weighted by Gasteiger charge is 2.08. The molecule has 0 bridgehead atoms. The number of carbonyl (C=O) groups excluding carboxylic acids is 2. The summed E-state index contributed by atoms with van der Waals surface area (Å²) in [6.45, 7) is 0.